The minimum atomic E-state index is -0.0618. The van der Waals surface area contributed by atoms with E-state index in [1.807, 2.05) is 0 Å². The van der Waals surface area contributed by atoms with Gasteiger partial charge in [-0.25, -0.2) is 0 Å². The van der Waals surface area contributed by atoms with Gasteiger partial charge in [-0.1, -0.05) is 0 Å². The van der Waals surface area contributed by atoms with E-state index in [0.717, 1.165) is 0 Å². The molecule has 1 aliphatic rings. The second-order valence-electron chi connectivity index (χ2n) is 2.23. The summed E-state index contributed by atoms with van der Waals surface area (Å²) in [6.45, 7) is 1.26. The van der Waals surface area contributed by atoms with Crippen LogP contribution in [0.2, 0.25) is 0 Å². The fraction of sp³-hybridized carbons (Fsp3) is 0.833. The average molecular weight is 145 g/mol. The van der Waals surface area contributed by atoms with Gasteiger partial charge in [-0.3, -0.25) is 4.79 Å². The summed E-state index contributed by atoms with van der Waals surface area (Å²) < 4.78 is 9.79. The second-order valence-corrected chi connectivity index (χ2v) is 2.23. The van der Waals surface area contributed by atoms with Gasteiger partial charge in [0, 0.05) is 7.11 Å². The van der Waals surface area contributed by atoms with E-state index in [0.29, 0.717) is 13.2 Å². The number of amides is 1. The van der Waals surface area contributed by atoms with Crippen molar-refractivity contribution >= 4 is 5.91 Å². The van der Waals surface area contributed by atoms with Gasteiger partial charge in [0.25, 0.3) is 0 Å². The maximum atomic E-state index is 10.7. The van der Waals surface area contributed by atoms with Crippen molar-refractivity contribution in [3.05, 3.63) is 0 Å². The molecule has 1 amide bonds. The Hall–Kier alpha value is -0.610. The van der Waals surface area contributed by atoms with E-state index in [1.165, 1.54) is 0 Å². The lowest BCUT2D eigenvalue weighted by molar-refractivity contribution is -0.132. The zero-order valence-corrected chi connectivity index (χ0v) is 5.92. The minimum Gasteiger partial charge on any atom is -0.382 e. The molecule has 0 aliphatic carbocycles. The Morgan fingerprint density at radius 2 is 2.70 bits per heavy atom. The van der Waals surface area contributed by atoms with Crippen molar-refractivity contribution in [2.45, 2.75) is 6.04 Å². The van der Waals surface area contributed by atoms with Gasteiger partial charge in [-0.2, -0.15) is 0 Å². The molecule has 1 fully saturated rings. The summed E-state index contributed by atoms with van der Waals surface area (Å²) in [5.74, 6) is -0.0618. The Morgan fingerprint density at radius 3 is 3.30 bits per heavy atom. The summed E-state index contributed by atoms with van der Waals surface area (Å²) in [7, 11) is 1.60. The fourth-order valence-corrected chi connectivity index (χ4v) is 0.896. The normalized spacial score (nSPS) is 26.1. The summed E-state index contributed by atoms with van der Waals surface area (Å²) in [5, 5.41) is 2.73. The van der Waals surface area contributed by atoms with Crippen molar-refractivity contribution in [3.63, 3.8) is 0 Å². The van der Waals surface area contributed by atoms with Crippen LogP contribution in [0.1, 0.15) is 0 Å². The highest BCUT2D eigenvalue weighted by atomic mass is 16.5. The topological polar surface area (TPSA) is 47.6 Å². The number of ether oxygens (including phenoxy) is 2. The molecule has 1 unspecified atom stereocenters. The monoisotopic (exact) mass is 145 g/mol. The van der Waals surface area contributed by atoms with Crippen molar-refractivity contribution < 1.29 is 14.3 Å². The van der Waals surface area contributed by atoms with E-state index in [9.17, 15) is 4.79 Å². The van der Waals surface area contributed by atoms with Crippen molar-refractivity contribution in [3.8, 4) is 0 Å². The average Bonchev–Trinajstić information content (AvgIpc) is 1.88. The highest BCUT2D eigenvalue weighted by Crippen LogP contribution is 1.93. The zero-order valence-electron chi connectivity index (χ0n) is 5.92. The third-order valence-corrected chi connectivity index (χ3v) is 1.29. The molecule has 0 aromatic heterocycles. The molecule has 1 rings (SSSR count). The van der Waals surface area contributed by atoms with Crippen LogP contribution in [0.3, 0.4) is 0 Å². The van der Waals surface area contributed by atoms with Crippen LogP contribution in [0.5, 0.6) is 0 Å². The van der Waals surface area contributed by atoms with E-state index >= 15 is 0 Å². The first-order chi connectivity index (χ1) is 4.83. The van der Waals surface area contributed by atoms with Gasteiger partial charge in [-0.15, -0.1) is 0 Å². The molecule has 0 aromatic carbocycles. The van der Waals surface area contributed by atoms with Crippen molar-refractivity contribution in [2.75, 3.05) is 26.9 Å². The summed E-state index contributed by atoms with van der Waals surface area (Å²) >= 11 is 0. The lowest BCUT2D eigenvalue weighted by atomic mass is 10.3. The third kappa shape index (κ3) is 1.97. The largest absolute Gasteiger partial charge is 0.382 e. The molecule has 1 aliphatic heterocycles. The van der Waals surface area contributed by atoms with Gasteiger partial charge in [-0.05, 0) is 0 Å². The fourth-order valence-electron chi connectivity index (χ4n) is 0.896. The van der Waals surface area contributed by atoms with E-state index < -0.39 is 0 Å². The zero-order chi connectivity index (χ0) is 7.40. The van der Waals surface area contributed by atoms with E-state index in [2.05, 4.69) is 5.32 Å². The van der Waals surface area contributed by atoms with Gasteiger partial charge in [0.1, 0.15) is 6.61 Å². The van der Waals surface area contributed by atoms with E-state index in [1.54, 1.807) is 7.11 Å². The Balaban J connectivity index is 2.25. The molecule has 0 saturated carbocycles. The predicted molar refractivity (Wildman–Crippen MR) is 34.6 cm³/mol. The van der Waals surface area contributed by atoms with Crippen LogP contribution in [-0.4, -0.2) is 38.9 Å². The molecule has 10 heavy (non-hydrogen) atoms. The standard InChI is InChI=1S/C6H11NO3/c1-9-2-5-3-10-4-6(8)7-5/h5H,2-4H2,1H3,(H,7,8). The highest BCUT2D eigenvalue weighted by molar-refractivity contribution is 5.78. The molecule has 1 N–H and O–H groups in total. The number of carbonyl (C=O) groups is 1. The van der Waals surface area contributed by atoms with Crippen molar-refractivity contribution in [2.24, 2.45) is 0 Å². The smallest absolute Gasteiger partial charge is 0.246 e. The maximum Gasteiger partial charge on any atom is 0.246 e. The van der Waals surface area contributed by atoms with E-state index in [-0.39, 0.29) is 18.6 Å². The Kier molecular flexibility index (Phi) is 2.65. The number of carbonyl (C=O) groups excluding carboxylic acids is 1. The van der Waals surface area contributed by atoms with Crippen LogP contribution < -0.4 is 5.32 Å². The van der Waals surface area contributed by atoms with Gasteiger partial charge in [0.2, 0.25) is 5.91 Å². The molecule has 0 radical (unpaired) electrons. The molecule has 1 heterocycles. The molecular weight excluding hydrogens is 134 g/mol. The Bertz CT molecular complexity index is 124. The van der Waals surface area contributed by atoms with Crippen LogP contribution in [0, 0.1) is 0 Å². The second kappa shape index (κ2) is 3.53. The number of hydrogen-bond acceptors (Lipinski definition) is 3. The first-order valence-electron chi connectivity index (χ1n) is 3.19. The molecular formula is C6H11NO3. The highest BCUT2D eigenvalue weighted by Gasteiger charge is 2.17. The Labute approximate surface area is 59.5 Å². The lowest BCUT2D eigenvalue weighted by Crippen LogP contribution is -2.47. The van der Waals surface area contributed by atoms with Crippen molar-refractivity contribution in [1.29, 1.82) is 0 Å². The van der Waals surface area contributed by atoms with Crippen LogP contribution in [-0.2, 0) is 14.3 Å². The maximum absolute atomic E-state index is 10.7. The quantitative estimate of drug-likeness (QED) is 0.550. The predicted octanol–water partition coefficient (Wildman–Crippen LogP) is -0.852. The van der Waals surface area contributed by atoms with Gasteiger partial charge >= 0.3 is 0 Å². The first kappa shape index (κ1) is 7.50. The van der Waals surface area contributed by atoms with Gasteiger partial charge in [0.15, 0.2) is 0 Å². The van der Waals surface area contributed by atoms with Crippen LogP contribution in [0.25, 0.3) is 0 Å². The summed E-state index contributed by atoms with van der Waals surface area (Å²) in [6, 6.07) is 0.0336. The lowest BCUT2D eigenvalue weighted by Gasteiger charge is -2.22. The third-order valence-electron chi connectivity index (χ3n) is 1.29. The molecule has 1 atom stereocenters. The molecule has 4 heteroatoms. The number of nitrogens with one attached hydrogen (secondary N) is 1. The Morgan fingerprint density at radius 1 is 1.90 bits per heavy atom. The molecule has 1 saturated heterocycles. The van der Waals surface area contributed by atoms with Crippen LogP contribution in [0.4, 0.5) is 0 Å². The summed E-state index contributed by atoms with van der Waals surface area (Å²) in [4.78, 5) is 10.7. The number of morpholine rings is 1. The molecule has 58 valence electrons. The minimum absolute atomic E-state index is 0.0336. The molecule has 0 bridgehead atoms. The summed E-state index contributed by atoms with van der Waals surface area (Å²) in [6.07, 6.45) is 0. The molecule has 4 nitrogen and oxygen atoms in total. The van der Waals surface area contributed by atoms with E-state index in [4.69, 9.17) is 9.47 Å². The number of rotatable bonds is 2. The molecule has 0 spiro atoms. The molecule has 0 aromatic rings. The van der Waals surface area contributed by atoms with Crippen LogP contribution in [0.15, 0.2) is 0 Å². The van der Waals surface area contributed by atoms with Crippen LogP contribution >= 0.6 is 0 Å². The van der Waals surface area contributed by atoms with Gasteiger partial charge in [0.05, 0.1) is 19.3 Å². The number of methoxy groups -OCH3 is 1. The first-order valence-corrected chi connectivity index (χ1v) is 3.19. The SMILES string of the molecule is COCC1COCC(=O)N1. The van der Waals surface area contributed by atoms with Gasteiger partial charge < -0.3 is 14.8 Å². The van der Waals surface area contributed by atoms with Crippen molar-refractivity contribution in [1.82, 2.24) is 5.32 Å². The number of hydrogen-bond donors (Lipinski definition) is 1. The summed E-state index contributed by atoms with van der Waals surface area (Å²) in [5.41, 5.74) is 0.